The van der Waals surface area contributed by atoms with E-state index in [0.717, 1.165) is 38.1 Å². The fraction of sp³-hybridized carbons (Fsp3) is 0.450. The van der Waals surface area contributed by atoms with Crippen LogP contribution in [0.4, 0.5) is 0 Å². The smallest absolute Gasteiger partial charge is 0.191 e. The maximum Gasteiger partial charge on any atom is 0.191 e. The van der Waals surface area contributed by atoms with Crippen molar-refractivity contribution in [1.29, 1.82) is 0 Å². The summed E-state index contributed by atoms with van der Waals surface area (Å²) in [4.78, 5) is 4.41. The number of rotatable bonds is 10. The van der Waals surface area contributed by atoms with Crippen molar-refractivity contribution in [3.05, 3.63) is 54.0 Å². The third-order valence-electron chi connectivity index (χ3n) is 3.98. The van der Waals surface area contributed by atoms with E-state index in [1.807, 2.05) is 19.1 Å². The number of benzene rings is 1. The van der Waals surface area contributed by atoms with Crippen LogP contribution in [0, 0.1) is 0 Å². The minimum atomic E-state index is -0.726. The number of guanidine groups is 1. The minimum Gasteiger partial charge on any atom is -0.497 e. The van der Waals surface area contributed by atoms with Crippen LogP contribution in [-0.2, 0) is 6.42 Å². The van der Waals surface area contributed by atoms with Gasteiger partial charge in [-0.1, -0.05) is 12.1 Å². The van der Waals surface area contributed by atoms with Crippen molar-refractivity contribution in [2.75, 3.05) is 26.7 Å². The molecule has 26 heavy (non-hydrogen) atoms. The summed E-state index contributed by atoms with van der Waals surface area (Å²) in [6.07, 6.45) is 3.99. The van der Waals surface area contributed by atoms with Crippen molar-refractivity contribution < 1.29 is 14.3 Å². The molecule has 3 N–H and O–H groups in total. The van der Waals surface area contributed by atoms with Crippen LogP contribution < -0.4 is 15.4 Å². The molecule has 2 aromatic rings. The van der Waals surface area contributed by atoms with E-state index in [4.69, 9.17) is 9.15 Å². The van der Waals surface area contributed by atoms with Gasteiger partial charge in [-0.2, -0.15) is 0 Å². The van der Waals surface area contributed by atoms with Gasteiger partial charge >= 0.3 is 0 Å². The number of methoxy groups -OCH3 is 1. The van der Waals surface area contributed by atoms with Gasteiger partial charge in [0, 0.05) is 13.1 Å². The second-order valence-electron chi connectivity index (χ2n) is 5.98. The average molecular weight is 359 g/mol. The first-order valence-electron chi connectivity index (χ1n) is 9.09. The van der Waals surface area contributed by atoms with Gasteiger partial charge in [-0.05, 0) is 56.0 Å². The highest BCUT2D eigenvalue weighted by molar-refractivity contribution is 5.79. The zero-order valence-electron chi connectivity index (χ0n) is 15.6. The zero-order chi connectivity index (χ0) is 18.6. The standard InChI is InChI=1S/C20H29N3O3/c1-3-21-20(23-15-18(24)19-8-6-14-26-19)22-13-5-4-7-16-9-11-17(25-2)12-10-16/h6,8-12,14,18,24H,3-5,7,13,15H2,1-2H3,(H2,21,22,23). The van der Waals surface area contributed by atoms with Crippen molar-refractivity contribution in [2.24, 2.45) is 4.99 Å². The molecular weight excluding hydrogens is 330 g/mol. The highest BCUT2D eigenvalue weighted by Crippen LogP contribution is 2.14. The van der Waals surface area contributed by atoms with Crippen molar-refractivity contribution >= 4 is 5.96 Å². The zero-order valence-corrected chi connectivity index (χ0v) is 15.6. The van der Waals surface area contributed by atoms with Crippen LogP contribution in [0.5, 0.6) is 5.75 Å². The maximum absolute atomic E-state index is 10.0. The molecule has 6 nitrogen and oxygen atoms in total. The molecule has 0 aliphatic rings. The molecule has 6 heteroatoms. The first kappa shape index (κ1) is 19.8. The summed E-state index contributed by atoms with van der Waals surface area (Å²) in [5.41, 5.74) is 1.31. The molecule has 0 radical (unpaired) electrons. The fourth-order valence-electron chi connectivity index (χ4n) is 2.54. The van der Waals surface area contributed by atoms with Gasteiger partial charge in [-0.25, -0.2) is 0 Å². The van der Waals surface area contributed by atoms with E-state index in [2.05, 4.69) is 27.8 Å². The Labute approximate surface area is 155 Å². The molecule has 0 aliphatic carbocycles. The number of nitrogens with zero attached hydrogens (tertiary/aromatic N) is 1. The summed E-state index contributed by atoms with van der Waals surface area (Å²) in [5, 5.41) is 16.5. The molecule has 1 unspecified atom stereocenters. The van der Waals surface area contributed by atoms with E-state index in [-0.39, 0.29) is 6.54 Å². The molecular formula is C20H29N3O3. The summed E-state index contributed by atoms with van der Waals surface area (Å²) >= 11 is 0. The Morgan fingerprint density at radius 1 is 1.19 bits per heavy atom. The maximum atomic E-state index is 10.0. The van der Waals surface area contributed by atoms with Crippen LogP contribution in [0.15, 0.2) is 52.1 Å². The van der Waals surface area contributed by atoms with Crippen LogP contribution in [0.25, 0.3) is 0 Å². The second kappa shape index (κ2) is 11.2. The summed E-state index contributed by atoms with van der Waals surface area (Å²) in [6.45, 7) is 3.88. The molecule has 1 aromatic heterocycles. The highest BCUT2D eigenvalue weighted by atomic mass is 16.5. The molecule has 1 atom stereocenters. The third-order valence-corrected chi connectivity index (χ3v) is 3.98. The molecule has 0 bridgehead atoms. The Morgan fingerprint density at radius 2 is 2.00 bits per heavy atom. The van der Waals surface area contributed by atoms with E-state index in [0.29, 0.717) is 11.7 Å². The van der Waals surface area contributed by atoms with E-state index < -0.39 is 6.10 Å². The molecule has 2 rings (SSSR count). The molecule has 0 amide bonds. The summed E-state index contributed by atoms with van der Waals surface area (Å²) in [7, 11) is 1.68. The van der Waals surface area contributed by atoms with E-state index in [9.17, 15) is 5.11 Å². The van der Waals surface area contributed by atoms with Crippen molar-refractivity contribution in [3.63, 3.8) is 0 Å². The van der Waals surface area contributed by atoms with Crippen LogP contribution in [0.3, 0.4) is 0 Å². The van der Waals surface area contributed by atoms with Crippen molar-refractivity contribution in [2.45, 2.75) is 32.3 Å². The largest absolute Gasteiger partial charge is 0.497 e. The second-order valence-corrected chi connectivity index (χ2v) is 5.98. The van der Waals surface area contributed by atoms with Crippen molar-refractivity contribution in [1.82, 2.24) is 10.6 Å². The molecule has 1 aromatic carbocycles. The lowest BCUT2D eigenvalue weighted by Gasteiger charge is -2.12. The van der Waals surface area contributed by atoms with Gasteiger partial charge in [0.25, 0.3) is 0 Å². The van der Waals surface area contributed by atoms with Crippen molar-refractivity contribution in [3.8, 4) is 5.75 Å². The molecule has 0 spiro atoms. The lowest BCUT2D eigenvalue weighted by atomic mass is 10.1. The number of hydrogen-bond acceptors (Lipinski definition) is 4. The summed E-state index contributed by atoms with van der Waals surface area (Å²) in [5.74, 6) is 2.13. The number of aryl methyl sites for hydroxylation is 1. The Bertz CT molecular complexity index is 639. The summed E-state index contributed by atoms with van der Waals surface area (Å²) in [6, 6.07) is 11.7. The van der Waals surface area contributed by atoms with Gasteiger partial charge in [0.2, 0.25) is 0 Å². The molecule has 0 fully saturated rings. The number of aliphatic hydroxyl groups is 1. The lowest BCUT2D eigenvalue weighted by molar-refractivity contribution is 0.158. The van der Waals surface area contributed by atoms with Gasteiger partial charge in [0.05, 0.1) is 19.9 Å². The Kier molecular flexibility index (Phi) is 8.55. The van der Waals surface area contributed by atoms with Crippen LogP contribution in [-0.4, -0.2) is 37.8 Å². The SMILES string of the molecule is CCNC(=NCC(O)c1ccco1)NCCCCc1ccc(OC)cc1. The highest BCUT2D eigenvalue weighted by Gasteiger charge is 2.09. The van der Waals surface area contributed by atoms with Gasteiger partial charge < -0.3 is 24.9 Å². The topological polar surface area (TPSA) is 79.0 Å². The number of nitrogens with one attached hydrogen (secondary N) is 2. The molecule has 0 saturated heterocycles. The monoisotopic (exact) mass is 359 g/mol. The average Bonchev–Trinajstić information content (AvgIpc) is 3.21. The number of aliphatic hydroxyl groups excluding tert-OH is 1. The Balaban J connectivity index is 1.69. The summed E-state index contributed by atoms with van der Waals surface area (Å²) < 4.78 is 10.4. The minimum absolute atomic E-state index is 0.259. The number of unbranched alkanes of at least 4 members (excludes halogenated alkanes) is 1. The first-order chi connectivity index (χ1) is 12.7. The van der Waals surface area contributed by atoms with Crippen LogP contribution in [0.2, 0.25) is 0 Å². The molecule has 142 valence electrons. The number of aliphatic imine (C=N–C) groups is 1. The predicted octanol–water partition coefficient (Wildman–Crippen LogP) is 2.90. The molecule has 1 heterocycles. The number of ether oxygens (including phenoxy) is 1. The number of furan rings is 1. The quantitative estimate of drug-likeness (QED) is 0.345. The van der Waals surface area contributed by atoms with Gasteiger partial charge in [-0.15, -0.1) is 0 Å². The number of hydrogen-bond donors (Lipinski definition) is 3. The molecule has 0 saturated carbocycles. The van der Waals surface area contributed by atoms with Gasteiger partial charge in [-0.3, -0.25) is 4.99 Å². The van der Waals surface area contributed by atoms with E-state index in [1.54, 1.807) is 25.5 Å². The van der Waals surface area contributed by atoms with Gasteiger partial charge in [0.1, 0.15) is 17.6 Å². The predicted molar refractivity (Wildman–Crippen MR) is 104 cm³/mol. The first-order valence-corrected chi connectivity index (χ1v) is 9.09. The van der Waals surface area contributed by atoms with Crippen LogP contribution >= 0.6 is 0 Å². The van der Waals surface area contributed by atoms with E-state index in [1.165, 1.54) is 5.56 Å². The van der Waals surface area contributed by atoms with Gasteiger partial charge in [0.15, 0.2) is 5.96 Å². The molecule has 0 aliphatic heterocycles. The normalized spacial score (nSPS) is 12.7. The Morgan fingerprint density at radius 3 is 2.65 bits per heavy atom. The van der Waals surface area contributed by atoms with E-state index >= 15 is 0 Å². The lowest BCUT2D eigenvalue weighted by Crippen LogP contribution is -2.38. The third kappa shape index (κ3) is 6.80. The Hall–Kier alpha value is -2.47. The fourth-order valence-corrected chi connectivity index (χ4v) is 2.54. The van der Waals surface area contributed by atoms with Crippen LogP contribution in [0.1, 0.15) is 37.2 Å².